The van der Waals surface area contributed by atoms with Crippen molar-refractivity contribution in [1.29, 1.82) is 0 Å². The van der Waals surface area contributed by atoms with Gasteiger partial charge in [-0.05, 0) is 54.0 Å². The van der Waals surface area contributed by atoms with Gasteiger partial charge in [-0.1, -0.05) is 12.8 Å². The fraction of sp³-hybridized carbons (Fsp3) is 0.636. The van der Waals surface area contributed by atoms with Crippen molar-refractivity contribution in [3.8, 4) is 0 Å². The maximum absolute atomic E-state index is 5.50. The second-order valence-corrected chi connectivity index (χ2v) is 4.68. The molecular formula is C11H16BrNO. The lowest BCUT2D eigenvalue weighted by Gasteiger charge is -2.17. The maximum atomic E-state index is 5.50. The fourth-order valence-corrected chi connectivity index (χ4v) is 2.29. The van der Waals surface area contributed by atoms with Gasteiger partial charge in [0.2, 0.25) is 0 Å². The van der Waals surface area contributed by atoms with Crippen molar-refractivity contribution < 1.29 is 4.42 Å². The van der Waals surface area contributed by atoms with Crippen molar-refractivity contribution in [2.75, 3.05) is 13.1 Å². The average molecular weight is 258 g/mol. The first-order valence-electron chi connectivity index (χ1n) is 5.31. The van der Waals surface area contributed by atoms with E-state index in [1.54, 1.807) is 0 Å². The molecule has 1 saturated heterocycles. The molecule has 14 heavy (non-hydrogen) atoms. The van der Waals surface area contributed by atoms with Crippen molar-refractivity contribution in [1.82, 2.24) is 4.90 Å². The molecule has 0 N–H and O–H groups in total. The molecule has 1 aromatic heterocycles. The van der Waals surface area contributed by atoms with Crippen molar-refractivity contribution in [2.45, 2.75) is 32.2 Å². The Labute approximate surface area is 93.4 Å². The standard InChI is InChI=1S/C11H16BrNO/c12-11-6-5-10(14-11)9-13-7-3-1-2-4-8-13/h5-6H,1-4,7-9H2. The number of furan rings is 1. The van der Waals surface area contributed by atoms with Crippen molar-refractivity contribution in [3.63, 3.8) is 0 Å². The molecule has 0 radical (unpaired) electrons. The Morgan fingerprint density at radius 3 is 2.43 bits per heavy atom. The summed E-state index contributed by atoms with van der Waals surface area (Å²) in [6.07, 6.45) is 5.44. The van der Waals surface area contributed by atoms with E-state index in [4.69, 9.17) is 4.42 Å². The molecule has 0 aromatic carbocycles. The summed E-state index contributed by atoms with van der Waals surface area (Å²) in [6.45, 7) is 3.40. The molecule has 0 saturated carbocycles. The van der Waals surface area contributed by atoms with Crippen LogP contribution >= 0.6 is 15.9 Å². The topological polar surface area (TPSA) is 16.4 Å². The Kier molecular flexibility index (Phi) is 3.65. The molecule has 0 aliphatic carbocycles. The van der Waals surface area contributed by atoms with E-state index in [1.807, 2.05) is 6.07 Å². The van der Waals surface area contributed by atoms with Crippen LogP contribution in [0.5, 0.6) is 0 Å². The van der Waals surface area contributed by atoms with Crippen LogP contribution in [0.3, 0.4) is 0 Å². The first kappa shape index (κ1) is 10.2. The maximum Gasteiger partial charge on any atom is 0.169 e. The van der Waals surface area contributed by atoms with Gasteiger partial charge in [-0.3, -0.25) is 4.90 Å². The predicted octanol–water partition coefficient (Wildman–Crippen LogP) is 3.42. The fourth-order valence-electron chi connectivity index (χ4n) is 1.95. The van der Waals surface area contributed by atoms with Gasteiger partial charge >= 0.3 is 0 Å². The second kappa shape index (κ2) is 4.99. The molecule has 0 bridgehead atoms. The zero-order valence-electron chi connectivity index (χ0n) is 8.34. The van der Waals surface area contributed by atoms with Gasteiger partial charge in [-0.25, -0.2) is 0 Å². The lowest BCUT2D eigenvalue weighted by Crippen LogP contribution is -2.23. The third-order valence-corrected chi connectivity index (χ3v) is 3.13. The van der Waals surface area contributed by atoms with E-state index in [-0.39, 0.29) is 0 Å². The first-order valence-corrected chi connectivity index (χ1v) is 6.10. The molecular weight excluding hydrogens is 242 g/mol. The molecule has 0 atom stereocenters. The van der Waals surface area contributed by atoms with Gasteiger partial charge in [0.25, 0.3) is 0 Å². The average Bonchev–Trinajstić information content (AvgIpc) is 2.43. The van der Waals surface area contributed by atoms with Crippen LogP contribution in [0.4, 0.5) is 0 Å². The van der Waals surface area contributed by atoms with Crippen LogP contribution in [0.25, 0.3) is 0 Å². The largest absolute Gasteiger partial charge is 0.453 e. The first-order chi connectivity index (χ1) is 6.84. The van der Waals surface area contributed by atoms with Crippen molar-refractivity contribution in [3.05, 3.63) is 22.6 Å². The molecule has 2 rings (SSSR count). The summed E-state index contributed by atoms with van der Waals surface area (Å²) in [5, 5.41) is 0. The van der Waals surface area contributed by atoms with E-state index in [2.05, 4.69) is 26.9 Å². The number of likely N-dealkylation sites (tertiary alicyclic amines) is 1. The summed E-state index contributed by atoms with van der Waals surface area (Å²) in [4.78, 5) is 2.48. The third kappa shape index (κ3) is 2.85. The number of nitrogens with zero attached hydrogens (tertiary/aromatic N) is 1. The highest BCUT2D eigenvalue weighted by atomic mass is 79.9. The Bertz CT molecular complexity index is 277. The van der Waals surface area contributed by atoms with E-state index >= 15 is 0 Å². The molecule has 1 fully saturated rings. The summed E-state index contributed by atoms with van der Waals surface area (Å²) >= 11 is 3.33. The highest BCUT2D eigenvalue weighted by Crippen LogP contribution is 2.17. The Morgan fingerprint density at radius 2 is 1.86 bits per heavy atom. The predicted molar refractivity (Wildman–Crippen MR) is 60.2 cm³/mol. The van der Waals surface area contributed by atoms with Gasteiger partial charge < -0.3 is 4.42 Å². The highest BCUT2D eigenvalue weighted by molar-refractivity contribution is 9.10. The Morgan fingerprint density at radius 1 is 1.14 bits per heavy atom. The van der Waals surface area contributed by atoms with E-state index in [0.29, 0.717) is 0 Å². The zero-order chi connectivity index (χ0) is 9.80. The van der Waals surface area contributed by atoms with Gasteiger partial charge in [-0.15, -0.1) is 0 Å². The van der Waals surface area contributed by atoms with E-state index in [9.17, 15) is 0 Å². The number of rotatable bonds is 2. The summed E-state index contributed by atoms with van der Waals surface area (Å²) < 4.78 is 6.34. The summed E-state index contributed by atoms with van der Waals surface area (Å²) in [5.41, 5.74) is 0. The molecule has 2 nitrogen and oxygen atoms in total. The monoisotopic (exact) mass is 257 g/mol. The van der Waals surface area contributed by atoms with Crippen LogP contribution in [0, 0.1) is 0 Å². The lowest BCUT2D eigenvalue weighted by molar-refractivity contribution is 0.251. The molecule has 0 unspecified atom stereocenters. The number of hydrogen-bond donors (Lipinski definition) is 0. The van der Waals surface area contributed by atoms with Crippen LogP contribution in [-0.4, -0.2) is 18.0 Å². The zero-order valence-corrected chi connectivity index (χ0v) is 9.92. The normalized spacial score (nSPS) is 19.5. The van der Waals surface area contributed by atoms with Gasteiger partial charge in [0, 0.05) is 0 Å². The Balaban J connectivity index is 1.89. The van der Waals surface area contributed by atoms with E-state index in [1.165, 1.54) is 38.8 Å². The molecule has 0 amide bonds. The molecule has 1 aliphatic heterocycles. The molecule has 1 aliphatic rings. The van der Waals surface area contributed by atoms with E-state index < -0.39 is 0 Å². The van der Waals surface area contributed by atoms with Crippen LogP contribution in [0.1, 0.15) is 31.4 Å². The minimum Gasteiger partial charge on any atom is -0.453 e. The molecule has 0 spiro atoms. The lowest BCUT2D eigenvalue weighted by atomic mass is 10.2. The minimum absolute atomic E-state index is 0.835. The van der Waals surface area contributed by atoms with Gasteiger partial charge in [0.05, 0.1) is 6.54 Å². The van der Waals surface area contributed by atoms with Crippen LogP contribution in [-0.2, 0) is 6.54 Å². The quantitative estimate of drug-likeness (QED) is 0.808. The summed E-state index contributed by atoms with van der Waals surface area (Å²) in [5.74, 6) is 1.07. The SMILES string of the molecule is Brc1ccc(CN2CCCCCC2)o1. The molecule has 78 valence electrons. The molecule has 2 heterocycles. The molecule has 1 aromatic rings. The summed E-state index contributed by atoms with van der Waals surface area (Å²) in [6, 6.07) is 4.02. The van der Waals surface area contributed by atoms with Gasteiger partial charge in [0.1, 0.15) is 5.76 Å². The molecule has 3 heteroatoms. The second-order valence-electron chi connectivity index (χ2n) is 3.90. The van der Waals surface area contributed by atoms with Gasteiger partial charge in [0.15, 0.2) is 4.67 Å². The van der Waals surface area contributed by atoms with Crippen molar-refractivity contribution >= 4 is 15.9 Å². The van der Waals surface area contributed by atoms with Crippen molar-refractivity contribution in [2.24, 2.45) is 0 Å². The van der Waals surface area contributed by atoms with Crippen LogP contribution in [0.2, 0.25) is 0 Å². The third-order valence-electron chi connectivity index (χ3n) is 2.71. The summed E-state index contributed by atoms with van der Waals surface area (Å²) in [7, 11) is 0. The van der Waals surface area contributed by atoms with E-state index in [0.717, 1.165) is 17.0 Å². The van der Waals surface area contributed by atoms with Crippen LogP contribution < -0.4 is 0 Å². The number of hydrogen-bond acceptors (Lipinski definition) is 2. The number of halogens is 1. The Hall–Kier alpha value is -0.280. The highest BCUT2D eigenvalue weighted by Gasteiger charge is 2.10. The smallest absolute Gasteiger partial charge is 0.169 e. The van der Waals surface area contributed by atoms with Gasteiger partial charge in [-0.2, -0.15) is 0 Å². The minimum atomic E-state index is 0.835. The van der Waals surface area contributed by atoms with Crippen LogP contribution in [0.15, 0.2) is 21.2 Å².